The van der Waals surface area contributed by atoms with Gasteiger partial charge in [-0.2, -0.15) is 4.31 Å². The summed E-state index contributed by atoms with van der Waals surface area (Å²) in [6, 6.07) is 16.0. The van der Waals surface area contributed by atoms with Crippen LogP contribution in [0.25, 0.3) is 20.8 Å². The van der Waals surface area contributed by atoms with Gasteiger partial charge in [-0.15, -0.1) is 22.7 Å². The summed E-state index contributed by atoms with van der Waals surface area (Å²) < 4.78 is 27.9. The van der Waals surface area contributed by atoms with Crippen molar-refractivity contribution in [3.8, 4) is 10.6 Å². The number of rotatable bonds is 5. The number of hydrogen-bond acceptors (Lipinski definition) is 6. The third-order valence-electron chi connectivity index (χ3n) is 5.24. The van der Waals surface area contributed by atoms with E-state index < -0.39 is 10.0 Å². The molecule has 5 rings (SSSR count). The lowest BCUT2D eigenvalue weighted by molar-refractivity contribution is 0.102. The SMILES string of the molecule is O=C(Nc1sccc1-c1nc2ccccc2s1)c1ccc(S(=O)(=O)N2CCCC2)cc1. The number of sulfonamides is 1. The second kappa shape index (κ2) is 8.16. The summed E-state index contributed by atoms with van der Waals surface area (Å²) in [5, 5.41) is 6.44. The monoisotopic (exact) mass is 469 g/mol. The smallest absolute Gasteiger partial charge is 0.256 e. The van der Waals surface area contributed by atoms with E-state index >= 15 is 0 Å². The number of hydrogen-bond donors (Lipinski definition) is 1. The predicted octanol–water partition coefficient (Wildman–Crippen LogP) is 5.06. The number of carbonyl (C=O) groups is 1. The van der Waals surface area contributed by atoms with Crippen LogP contribution in [0.4, 0.5) is 5.00 Å². The molecule has 9 heteroatoms. The van der Waals surface area contributed by atoms with Gasteiger partial charge in [0.05, 0.1) is 15.1 Å². The molecule has 0 radical (unpaired) electrons. The molecule has 0 spiro atoms. The number of nitrogens with zero attached hydrogens (tertiary/aromatic N) is 2. The van der Waals surface area contributed by atoms with Crippen LogP contribution in [-0.2, 0) is 10.0 Å². The second-order valence-electron chi connectivity index (χ2n) is 7.24. The fourth-order valence-electron chi connectivity index (χ4n) is 3.59. The van der Waals surface area contributed by atoms with E-state index in [0.29, 0.717) is 18.7 Å². The number of benzene rings is 2. The predicted molar refractivity (Wildman–Crippen MR) is 125 cm³/mol. The van der Waals surface area contributed by atoms with Crippen LogP contribution in [0.3, 0.4) is 0 Å². The number of thiazole rings is 1. The van der Waals surface area contributed by atoms with Crippen molar-refractivity contribution >= 4 is 53.8 Å². The van der Waals surface area contributed by atoms with Crippen LogP contribution >= 0.6 is 22.7 Å². The maximum atomic E-state index is 12.8. The van der Waals surface area contributed by atoms with Crippen LogP contribution in [0.5, 0.6) is 0 Å². The van der Waals surface area contributed by atoms with Gasteiger partial charge in [-0.05, 0) is 60.7 Å². The normalized spacial score (nSPS) is 14.8. The zero-order valence-corrected chi connectivity index (χ0v) is 18.9. The number of para-hydroxylation sites is 1. The first-order chi connectivity index (χ1) is 15.0. The molecule has 3 heterocycles. The van der Waals surface area contributed by atoms with Gasteiger partial charge in [0, 0.05) is 24.2 Å². The zero-order valence-electron chi connectivity index (χ0n) is 16.4. The molecule has 0 atom stereocenters. The molecular formula is C22H19N3O3S3. The summed E-state index contributed by atoms with van der Waals surface area (Å²) in [5.74, 6) is -0.282. The van der Waals surface area contributed by atoms with Crippen molar-refractivity contribution in [3.63, 3.8) is 0 Å². The molecule has 1 fully saturated rings. The number of amides is 1. The fourth-order valence-corrected chi connectivity index (χ4v) is 6.96. The summed E-state index contributed by atoms with van der Waals surface area (Å²) >= 11 is 3.02. The summed E-state index contributed by atoms with van der Waals surface area (Å²) in [6.45, 7) is 1.11. The highest BCUT2D eigenvalue weighted by atomic mass is 32.2. The van der Waals surface area contributed by atoms with Crippen LogP contribution in [0.15, 0.2) is 64.9 Å². The van der Waals surface area contributed by atoms with E-state index in [9.17, 15) is 13.2 Å². The number of nitrogens with one attached hydrogen (secondary N) is 1. The van der Waals surface area contributed by atoms with Crippen molar-refractivity contribution in [2.45, 2.75) is 17.7 Å². The van der Waals surface area contributed by atoms with Gasteiger partial charge in [-0.3, -0.25) is 4.79 Å². The number of anilines is 1. The number of thiophene rings is 1. The van der Waals surface area contributed by atoms with Crippen molar-refractivity contribution in [2.75, 3.05) is 18.4 Å². The molecule has 1 amide bonds. The van der Waals surface area contributed by atoms with E-state index in [1.807, 2.05) is 35.7 Å². The van der Waals surface area contributed by atoms with Gasteiger partial charge < -0.3 is 5.32 Å². The Kier molecular flexibility index (Phi) is 5.35. The van der Waals surface area contributed by atoms with E-state index in [2.05, 4.69) is 10.3 Å². The molecule has 1 aliphatic rings. The van der Waals surface area contributed by atoms with Crippen molar-refractivity contribution in [1.29, 1.82) is 0 Å². The molecule has 0 aliphatic carbocycles. The number of aromatic nitrogens is 1. The molecule has 0 saturated carbocycles. The zero-order chi connectivity index (χ0) is 21.4. The van der Waals surface area contributed by atoms with E-state index in [4.69, 9.17) is 0 Å². The van der Waals surface area contributed by atoms with Gasteiger partial charge >= 0.3 is 0 Å². The third-order valence-corrected chi connectivity index (χ3v) is 9.05. The van der Waals surface area contributed by atoms with Crippen LogP contribution < -0.4 is 5.32 Å². The maximum absolute atomic E-state index is 12.8. The lowest BCUT2D eigenvalue weighted by Gasteiger charge is -2.15. The summed E-state index contributed by atoms with van der Waals surface area (Å²) in [5.41, 5.74) is 2.22. The van der Waals surface area contributed by atoms with Crippen LogP contribution in [0.1, 0.15) is 23.2 Å². The Labute approximate surface area is 188 Å². The van der Waals surface area contributed by atoms with Crippen LogP contribution in [-0.4, -0.2) is 36.7 Å². The van der Waals surface area contributed by atoms with Crippen LogP contribution in [0.2, 0.25) is 0 Å². The van der Waals surface area contributed by atoms with Gasteiger partial charge in [0.1, 0.15) is 10.0 Å². The molecule has 6 nitrogen and oxygen atoms in total. The molecule has 1 aliphatic heterocycles. The van der Waals surface area contributed by atoms with Crippen LogP contribution in [0, 0.1) is 0 Å². The molecule has 4 aromatic rings. The highest BCUT2D eigenvalue weighted by Gasteiger charge is 2.27. The minimum atomic E-state index is -3.49. The standard InChI is InChI=1S/C22H19N3O3S3/c26-20(15-7-9-16(10-8-15)31(27,28)25-12-3-4-13-25)24-21-17(11-14-29-21)22-23-18-5-1-2-6-19(18)30-22/h1-2,5-11,14H,3-4,12-13H2,(H,24,26). The topological polar surface area (TPSA) is 79.4 Å². The summed E-state index contributed by atoms with van der Waals surface area (Å²) in [4.78, 5) is 17.7. The molecule has 2 aromatic carbocycles. The van der Waals surface area contributed by atoms with E-state index in [-0.39, 0.29) is 10.8 Å². The largest absolute Gasteiger partial charge is 0.313 e. The van der Waals surface area contributed by atoms with E-state index in [1.165, 1.54) is 27.8 Å². The first-order valence-corrected chi connectivity index (χ1v) is 13.0. The first kappa shape index (κ1) is 20.3. The number of carbonyl (C=O) groups excluding carboxylic acids is 1. The highest BCUT2D eigenvalue weighted by Crippen LogP contribution is 2.38. The first-order valence-electron chi connectivity index (χ1n) is 9.87. The molecule has 1 saturated heterocycles. The molecule has 1 N–H and O–H groups in total. The lowest BCUT2D eigenvalue weighted by atomic mass is 10.2. The molecule has 2 aromatic heterocycles. The Balaban J connectivity index is 1.36. The molecule has 158 valence electrons. The average molecular weight is 470 g/mol. The van der Waals surface area contributed by atoms with E-state index in [0.717, 1.165) is 38.6 Å². The highest BCUT2D eigenvalue weighted by molar-refractivity contribution is 7.89. The Bertz CT molecular complexity index is 1320. The van der Waals surface area contributed by atoms with Crippen molar-refractivity contribution in [2.24, 2.45) is 0 Å². The van der Waals surface area contributed by atoms with Crippen molar-refractivity contribution in [3.05, 3.63) is 65.5 Å². The molecular weight excluding hydrogens is 450 g/mol. The van der Waals surface area contributed by atoms with Gasteiger partial charge in [-0.1, -0.05) is 12.1 Å². The van der Waals surface area contributed by atoms with Gasteiger partial charge in [-0.25, -0.2) is 13.4 Å². The Morgan fingerprint density at radius 3 is 2.48 bits per heavy atom. The Morgan fingerprint density at radius 1 is 1.00 bits per heavy atom. The van der Waals surface area contributed by atoms with Gasteiger partial charge in [0.15, 0.2) is 0 Å². The minimum absolute atomic E-state index is 0.220. The summed E-state index contributed by atoms with van der Waals surface area (Å²) in [6.07, 6.45) is 1.77. The summed E-state index contributed by atoms with van der Waals surface area (Å²) in [7, 11) is -3.49. The average Bonchev–Trinajstić information content (AvgIpc) is 3.53. The second-order valence-corrected chi connectivity index (χ2v) is 11.1. The van der Waals surface area contributed by atoms with E-state index in [1.54, 1.807) is 23.5 Å². The maximum Gasteiger partial charge on any atom is 0.256 e. The molecule has 31 heavy (non-hydrogen) atoms. The fraction of sp³-hybridized carbons (Fsp3) is 0.182. The number of fused-ring (bicyclic) bond motifs is 1. The quantitative estimate of drug-likeness (QED) is 0.443. The van der Waals surface area contributed by atoms with Crippen molar-refractivity contribution < 1.29 is 13.2 Å². The van der Waals surface area contributed by atoms with Gasteiger partial charge in [0.25, 0.3) is 5.91 Å². The van der Waals surface area contributed by atoms with Crippen molar-refractivity contribution in [1.82, 2.24) is 9.29 Å². The Morgan fingerprint density at radius 2 is 1.74 bits per heavy atom. The lowest BCUT2D eigenvalue weighted by Crippen LogP contribution is -2.27. The molecule has 0 unspecified atom stereocenters. The molecule has 0 bridgehead atoms. The Hall–Kier alpha value is -2.59. The third kappa shape index (κ3) is 3.89. The van der Waals surface area contributed by atoms with Gasteiger partial charge in [0.2, 0.25) is 10.0 Å². The minimum Gasteiger partial charge on any atom is -0.313 e.